The Morgan fingerprint density at radius 1 is 0.750 bits per heavy atom. The van der Waals surface area contributed by atoms with E-state index in [0.29, 0.717) is 0 Å². The lowest BCUT2D eigenvalue weighted by Crippen LogP contribution is -1.87. The highest BCUT2D eigenvalue weighted by atomic mass is 14.8. The van der Waals surface area contributed by atoms with Gasteiger partial charge in [0, 0.05) is 18.0 Å². The monoisotopic (exact) mass is 258 g/mol. The molecule has 0 spiro atoms. The minimum atomic E-state index is 0.890. The Balaban J connectivity index is 1.97. The molecule has 0 N–H and O–H groups in total. The van der Waals surface area contributed by atoms with Crippen molar-refractivity contribution in [3.05, 3.63) is 84.3 Å². The van der Waals surface area contributed by atoms with Crippen molar-refractivity contribution < 1.29 is 0 Å². The summed E-state index contributed by atoms with van der Waals surface area (Å²) in [4.78, 5) is 8.50. The third-order valence-corrected chi connectivity index (χ3v) is 3.05. The molecule has 0 saturated carbocycles. The van der Waals surface area contributed by atoms with Gasteiger partial charge >= 0.3 is 0 Å². The van der Waals surface area contributed by atoms with Crippen LogP contribution in [0, 0.1) is 0 Å². The standard InChI is InChI=1S/C18H14N2/c1-2-6-15(7-3-1)10-11-16-8-4-5-9-17(16)18-14-19-12-13-20-18/h1-14H. The molecule has 0 saturated heterocycles. The maximum Gasteiger partial charge on any atom is 0.0891 e. The molecular weight excluding hydrogens is 244 g/mol. The summed E-state index contributed by atoms with van der Waals surface area (Å²) in [7, 11) is 0. The molecule has 1 aromatic heterocycles. The van der Waals surface area contributed by atoms with Crippen molar-refractivity contribution in [2.75, 3.05) is 0 Å². The fraction of sp³-hybridized carbons (Fsp3) is 0. The van der Waals surface area contributed by atoms with E-state index in [1.165, 1.54) is 5.56 Å². The summed E-state index contributed by atoms with van der Waals surface area (Å²) in [6.45, 7) is 0. The third kappa shape index (κ3) is 2.81. The molecule has 3 aromatic rings. The molecular formula is C18H14N2. The Morgan fingerprint density at radius 3 is 2.35 bits per heavy atom. The molecule has 2 heteroatoms. The molecule has 2 aromatic carbocycles. The molecule has 20 heavy (non-hydrogen) atoms. The van der Waals surface area contributed by atoms with Crippen molar-refractivity contribution in [2.24, 2.45) is 0 Å². The Bertz CT molecular complexity index is 704. The molecule has 3 rings (SSSR count). The Morgan fingerprint density at radius 2 is 1.55 bits per heavy atom. The normalized spacial score (nSPS) is 10.8. The molecule has 0 bridgehead atoms. The maximum atomic E-state index is 4.37. The second-order valence-electron chi connectivity index (χ2n) is 4.42. The number of benzene rings is 2. The third-order valence-electron chi connectivity index (χ3n) is 3.05. The second kappa shape index (κ2) is 5.93. The topological polar surface area (TPSA) is 25.8 Å². The van der Waals surface area contributed by atoms with Crippen LogP contribution in [0.2, 0.25) is 0 Å². The largest absolute Gasteiger partial charge is 0.261 e. The van der Waals surface area contributed by atoms with Gasteiger partial charge in [-0.15, -0.1) is 0 Å². The van der Waals surface area contributed by atoms with Gasteiger partial charge in [0.25, 0.3) is 0 Å². The second-order valence-corrected chi connectivity index (χ2v) is 4.42. The van der Waals surface area contributed by atoms with Crippen LogP contribution in [0.1, 0.15) is 11.1 Å². The van der Waals surface area contributed by atoms with E-state index in [1.54, 1.807) is 18.6 Å². The smallest absolute Gasteiger partial charge is 0.0891 e. The van der Waals surface area contributed by atoms with Crippen molar-refractivity contribution in [3.63, 3.8) is 0 Å². The van der Waals surface area contributed by atoms with Gasteiger partial charge in [0.2, 0.25) is 0 Å². The van der Waals surface area contributed by atoms with Crippen molar-refractivity contribution in [3.8, 4) is 11.3 Å². The molecule has 0 radical (unpaired) electrons. The quantitative estimate of drug-likeness (QED) is 0.654. The summed E-state index contributed by atoms with van der Waals surface area (Å²) in [5.41, 5.74) is 4.30. The van der Waals surface area contributed by atoms with Gasteiger partial charge in [0.15, 0.2) is 0 Å². The molecule has 96 valence electrons. The first kappa shape index (κ1) is 12.3. The highest BCUT2D eigenvalue weighted by Crippen LogP contribution is 2.22. The van der Waals surface area contributed by atoms with Crippen LogP contribution >= 0.6 is 0 Å². The highest BCUT2D eigenvalue weighted by Gasteiger charge is 2.02. The number of aromatic nitrogens is 2. The van der Waals surface area contributed by atoms with E-state index < -0.39 is 0 Å². The number of hydrogen-bond acceptors (Lipinski definition) is 2. The van der Waals surface area contributed by atoms with Crippen LogP contribution in [0.15, 0.2) is 73.2 Å². The first-order valence-corrected chi connectivity index (χ1v) is 6.52. The molecule has 0 aliphatic carbocycles. The van der Waals surface area contributed by atoms with Gasteiger partial charge in [0.1, 0.15) is 0 Å². The minimum Gasteiger partial charge on any atom is -0.261 e. The predicted molar refractivity (Wildman–Crippen MR) is 82.8 cm³/mol. The van der Waals surface area contributed by atoms with E-state index >= 15 is 0 Å². The van der Waals surface area contributed by atoms with Crippen LogP contribution in [-0.2, 0) is 0 Å². The lowest BCUT2D eigenvalue weighted by molar-refractivity contribution is 1.20. The van der Waals surface area contributed by atoms with Crippen molar-refractivity contribution in [2.45, 2.75) is 0 Å². The SMILES string of the molecule is C(=Cc1ccccc1-c1cnccn1)c1ccccc1. The van der Waals surface area contributed by atoms with E-state index in [0.717, 1.165) is 16.8 Å². The molecule has 0 fully saturated rings. The fourth-order valence-corrected chi connectivity index (χ4v) is 2.06. The van der Waals surface area contributed by atoms with E-state index in [4.69, 9.17) is 0 Å². The molecule has 0 unspecified atom stereocenters. The molecule has 0 amide bonds. The predicted octanol–water partition coefficient (Wildman–Crippen LogP) is 4.31. The average molecular weight is 258 g/mol. The van der Waals surface area contributed by atoms with Gasteiger partial charge < -0.3 is 0 Å². The Hall–Kier alpha value is -2.74. The number of nitrogens with zero attached hydrogens (tertiary/aromatic N) is 2. The van der Waals surface area contributed by atoms with Gasteiger partial charge in [-0.3, -0.25) is 9.97 Å². The maximum absolute atomic E-state index is 4.37. The summed E-state index contributed by atoms with van der Waals surface area (Å²) < 4.78 is 0. The zero-order chi connectivity index (χ0) is 13.6. The van der Waals surface area contributed by atoms with Crippen LogP contribution in [0.5, 0.6) is 0 Å². The lowest BCUT2D eigenvalue weighted by atomic mass is 10.0. The fourth-order valence-electron chi connectivity index (χ4n) is 2.06. The van der Waals surface area contributed by atoms with Gasteiger partial charge in [-0.2, -0.15) is 0 Å². The zero-order valence-corrected chi connectivity index (χ0v) is 11.0. The van der Waals surface area contributed by atoms with Crippen LogP contribution in [0.4, 0.5) is 0 Å². The van der Waals surface area contributed by atoms with E-state index in [1.807, 2.05) is 30.3 Å². The number of rotatable bonds is 3. The summed E-state index contributed by atoms with van der Waals surface area (Å²) in [5, 5.41) is 0. The minimum absolute atomic E-state index is 0.890. The number of hydrogen-bond donors (Lipinski definition) is 0. The van der Waals surface area contributed by atoms with Crippen LogP contribution in [-0.4, -0.2) is 9.97 Å². The summed E-state index contributed by atoms with van der Waals surface area (Å²) in [5.74, 6) is 0. The van der Waals surface area contributed by atoms with E-state index in [9.17, 15) is 0 Å². The van der Waals surface area contributed by atoms with Crippen molar-refractivity contribution in [1.29, 1.82) is 0 Å². The van der Waals surface area contributed by atoms with Gasteiger partial charge in [0.05, 0.1) is 11.9 Å². The van der Waals surface area contributed by atoms with Crippen molar-refractivity contribution >= 4 is 12.2 Å². The molecule has 0 aliphatic rings. The Labute approximate surface area is 118 Å². The molecule has 0 atom stereocenters. The molecule has 2 nitrogen and oxygen atoms in total. The summed E-state index contributed by atoms with van der Waals surface area (Å²) >= 11 is 0. The molecule has 1 heterocycles. The van der Waals surface area contributed by atoms with E-state index in [2.05, 4.69) is 46.4 Å². The highest BCUT2D eigenvalue weighted by molar-refractivity contribution is 5.79. The van der Waals surface area contributed by atoms with Crippen LogP contribution in [0.25, 0.3) is 23.4 Å². The summed E-state index contributed by atoms with van der Waals surface area (Å²) in [6, 6.07) is 18.5. The van der Waals surface area contributed by atoms with Gasteiger partial charge in [-0.25, -0.2) is 0 Å². The first-order valence-electron chi connectivity index (χ1n) is 6.52. The Kier molecular flexibility index (Phi) is 3.65. The van der Waals surface area contributed by atoms with Crippen molar-refractivity contribution in [1.82, 2.24) is 9.97 Å². The van der Waals surface area contributed by atoms with Crippen LogP contribution in [0.3, 0.4) is 0 Å². The molecule has 0 aliphatic heterocycles. The van der Waals surface area contributed by atoms with Crippen LogP contribution < -0.4 is 0 Å². The average Bonchev–Trinajstić information content (AvgIpc) is 2.55. The lowest BCUT2D eigenvalue weighted by Gasteiger charge is -2.04. The van der Waals surface area contributed by atoms with Gasteiger partial charge in [-0.1, -0.05) is 66.7 Å². The zero-order valence-electron chi connectivity index (χ0n) is 11.0. The first-order chi connectivity index (χ1) is 9.93. The summed E-state index contributed by atoms with van der Waals surface area (Å²) in [6.07, 6.45) is 9.41. The van der Waals surface area contributed by atoms with Gasteiger partial charge in [-0.05, 0) is 11.1 Å². The van der Waals surface area contributed by atoms with E-state index in [-0.39, 0.29) is 0 Å².